The first-order valence-corrected chi connectivity index (χ1v) is 7.89. The maximum absolute atomic E-state index is 11.7. The van der Waals surface area contributed by atoms with E-state index in [2.05, 4.69) is 12.2 Å². The maximum Gasteiger partial charge on any atom is 0.513 e. The normalized spacial score (nSPS) is 27.0. The summed E-state index contributed by atoms with van der Waals surface area (Å²) < 4.78 is 10.2. The van der Waals surface area contributed by atoms with Crippen molar-refractivity contribution in [1.29, 1.82) is 0 Å². The number of hydrogen-bond donors (Lipinski definition) is 0. The second kappa shape index (κ2) is 6.81. The summed E-state index contributed by atoms with van der Waals surface area (Å²) in [6.45, 7) is 0.390. The molecule has 1 unspecified atom stereocenters. The summed E-state index contributed by atoms with van der Waals surface area (Å²) in [6, 6.07) is 5.35. The number of carbonyl (C=O) groups is 1. The number of nitro groups is 1. The molecule has 3 rings (SSSR count). The summed E-state index contributed by atoms with van der Waals surface area (Å²) in [5.74, 6) is 2.00. The van der Waals surface area contributed by atoms with Crippen molar-refractivity contribution in [2.75, 3.05) is 6.61 Å². The van der Waals surface area contributed by atoms with E-state index in [1.54, 1.807) is 0 Å². The fourth-order valence-corrected chi connectivity index (χ4v) is 3.37. The number of benzene rings is 1. The van der Waals surface area contributed by atoms with Crippen LogP contribution >= 0.6 is 0 Å². The number of rotatable bonds is 4. The Balaban J connectivity index is 1.44. The molecule has 0 amide bonds. The van der Waals surface area contributed by atoms with Crippen LogP contribution in [0.4, 0.5) is 10.5 Å². The van der Waals surface area contributed by atoms with E-state index in [1.807, 2.05) is 0 Å². The molecule has 2 aliphatic carbocycles. The Morgan fingerprint density at radius 1 is 1.13 bits per heavy atom. The van der Waals surface area contributed by atoms with Gasteiger partial charge in [0.1, 0.15) is 5.75 Å². The smallest absolute Gasteiger partial charge is 0.434 e. The van der Waals surface area contributed by atoms with Crippen LogP contribution in [0, 0.1) is 27.9 Å². The molecule has 1 aromatic rings. The SMILES string of the molecule is O=C(OC[C@@H]1C2CC/C=C/CC[C@H]21)Oc1ccc([N+](=O)[O-])cc1. The molecular weight excluding hydrogens is 298 g/mol. The van der Waals surface area contributed by atoms with Gasteiger partial charge in [0.25, 0.3) is 5.69 Å². The molecule has 1 aromatic carbocycles. The molecule has 23 heavy (non-hydrogen) atoms. The van der Waals surface area contributed by atoms with Gasteiger partial charge in [-0.2, -0.15) is 0 Å². The van der Waals surface area contributed by atoms with E-state index in [1.165, 1.54) is 24.3 Å². The molecule has 1 fully saturated rings. The van der Waals surface area contributed by atoms with Gasteiger partial charge in [-0.15, -0.1) is 0 Å². The van der Waals surface area contributed by atoms with Crippen molar-refractivity contribution in [3.05, 3.63) is 46.5 Å². The van der Waals surface area contributed by atoms with Crippen molar-refractivity contribution in [3.8, 4) is 5.75 Å². The summed E-state index contributed by atoms with van der Waals surface area (Å²) in [5.41, 5.74) is -0.0477. The summed E-state index contributed by atoms with van der Waals surface area (Å²) >= 11 is 0. The van der Waals surface area contributed by atoms with E-state index >= 15 is 0 Å². The van der Waals surface area contributed by atoms with Crippen LogP contribution < -0.4 is 4.74 Å². The summed E-state index contributed by atoms with van der Waals surface area (Å²) in [4.78, 5) is 21.8. The molecule has 0 heterocycles. The van der Waals surface area contributed by atoms with E-state index in [-0.39, 0.29) is 11.4 Å². The maximum atomic E-state index is 11.7. The summed E-state index contributed by atoms with van der Waals surface area (Å²) in [7, 11) is 0. The lowest BCUT2D eigenvalue weighted by Crippen LogP contribution is -2.13. The number of nitrogens with zero attached hydrogens (tertiary/aromatic N) is 1. The fourth-order valence-electron chi connectivity index (χ4n) is 3.37. The zero-order valence-corrected chi connectivity index (χ0v) is 12.7. The van der Waals surface area contributed by atoms with Crippen molar-refractivity contribution in [2.45, 2.75) is 25.7 Å². The molecule has 1 saturated carbocycles. The first kappa shape index (κ1) is 15.5. The van der Waals surface area contributed by atoms with Crippen molar-refractivity contribution in [2.24, 2.45) is 17.8 Å². The van der Waals surface area contributed by atoms with Crippen LogP contribution in [-0.2, 0) is 4.74 Å². The number of carbonyl (C=O) groups excluding carboxylic acids is 1. The number of fused-ring (bicyclic) bond motifs is 1. The van der Waals surface area contributed by atoms with Crippen LogP contribution in [0.15, 0.2) is 36.4 Å². The van der Waals surface area contributed by atoms with Gasteiger partial charge >= 0.3 is 6.16 Å². The molecule has 3 atom stereocenters. The average Bonchev–Trinajstić information content (AvgIpc) is 3.15. The van der Waals surface area contributed by atoms with Gasteiger partial charge in [-0.1, -0.05) is 12.2 Å². The first-order chi connectivity index (χ1) is 11.1. The predicted octanol–water partition coefficient (Wildman–Crippen LogP) is 4.10. The standard InChI is InChI=1S/C17H19NO5/c19-17(23-13-9-7-12(8-10-13)18(20)21)22-11-16-14-5-3-1-2-4-6-15(14)16/h1-2,7-10,14-16H,3-6,11H2/b2-1+/t14-,15?,16+/m1/s1. The van der Waals surface area contributed by atoms with Gasteiger partial charge in [0.2, 0.25) is 0 Å². The number of ether oxygens (including phenoxy) is 2. The summed E-state index contributed by atoms with van der Waals surface area (Å²) in [5, 5.41) is 10.6. The molecule has 6 heteroatoms. The molecule has 0 N–H and O–H groups in total. The second-order valence-corrected chi connectivity index (χ2v) is 6.03. The fraction of sp³-hybridized carbons (Fsp3) is 0.471. The molecule has 0 bridgehead atoms. The molecular formula is C17H19NO5. The van der Waals surface area contributed by atoms with Crippen LogP contribution in [0.2, 0.25) is 0 Å². The molecule has 6 nitrogen and oxygen atoms in total. The number of hydrogen-bond acceptors (Lipinski definition) is 5. The minimum Gasteiger partial charge on any atom is -0.434 e. The molecule has 0 aliphatic heterocycles. The van der Waals surface area contributed by atoms with Gasteiger partial charge in [0.15, 0.2) is 0 Å². The van der Waals surface area contributed by atoms with Crippen LogP contribution in [-0.4, -0.2) is 17.7 Å². The highest BCUT2D eigenvalue weighted by atomic mass is 16.7. The van der Waals surface area contributed by atoms with Crippen LogP contribution in [0.3, 0.4) is 0 Å². The first-order valence-electron chi connectivity index (χ1n) is 7.89. The van der Waals surface area contributed by atoms with Crippen molar-refractivity contribution < 1.29 is 19.2 Å². The minimum atomic E-state index is -0.753. The van der Waals surface area contributed by atoms with Crippen LogP contribution in [0.5, 0.6) is 5.75 Å². The summed E-state index contributed by atoms with van der Waals surface area (Å²) in [6.07, 6.45) is 8.23. The molecule has 122 valence electrons. The zero-order valence-electron chi connectivity index (χ0n) is 12.7. The van der Waals surface area contributed by atoms with Gasteiger partial charge < -0.3 is 9.47 Å². The molecule has 2 aliphatic rings. The largest absolute Gasteiger partial charge is 0.513 e. The lowest BCUT2D eigenvalue weighted by atomic mass is 10.1. The lowest BCUT2D eigenvalue weighted by Gasteiger charge is -2.05. The highest BCUT2D eigenvalue weighted by Gasteiger charge is 2.49. The van der Waals surface area contributed by atoms with Gasteiger partial charge in [-0.05, 0) is 55.6 Å². The van der Waals surface area contributed by atoms with Crippen LogP contribution in [0.25, 0.3) is 0 Å². The third-order valence-electron chi connectivity index (χ3n) is 4.65. The molecule has 0 aromatic heterocycles. The predicted molar refractivity (Wildman–Crippen MR) is 83.2 cm³/mol. The topological polar surface area (TPSA) is 78.7 Å². The zero-order chi connectivity index (χ0) is 16.2. The molecule has 0 saturated heterocycles. The van der Waals surface area contributed by atoms with Gasteiger partial charge in [-0.25, -0.2) is 4.79 Å². The number of non-ortho nitro benzene ring substituents is 1. The highest BCUT2D eigenvalue weighted by Crippen LogP contribution is 2.52. The van der Waals surface area contributed by atoms with Crippen LogP contribution in [0.1, 0.15) is 25.7 Å². The van der Waals surface area contributed by atoms with E-state index in [4.69, 9.17) is 9.47 Å². The van der Waals surface area contributed by atoms with Crippen molar-refractivity contribution in [1.82, 2.24) is 0 Å². The van der Waals surface area contributed by atoms with E-state index in [0.717, 1.165) is 25.7 Å². The monoisotopic (exact) mass is 317 g/mol. The van der Waals surface area contributed by atoms with Crippen molar-refractivity contribution in [3.63, 3.8) is 0 Å². The Hall–Kier alpha value is -2.37. The van der Waals surface area contributed by atoms with Gasteiger partial charge in [0, 0.05) is 12.1 Å². The highest BCUT2D eigenvalue weighted by molar-refractivity contribution is 5.64. The average molecular weight is 317 g/mol. The minimum absolute atomic E-state index is 0.0477. The molecule has 0 spiro atoms. The lowest BCUT2D eigenvalue weighted by molar-refractivity contribution is -0.384. The van der Waals surface area contributed by atoms with E-state index in [9.17, 15) is 14.9 Å². The van der Waals surface area contributed by atoms with Gasteiger partial charge in [0.05, 0.1) is 11.5 Å². The number of allylic oxidation sites excluding steroid dienone is 2. The number of nitro benzene ring substituents is 1. The Bertz CT molecular complexity index is 594. The van der Waals surface area contributed by atoms with Crippen molar-refractivity contribution >= 4 is 11.8 Å². The van der Waals surface area contributed by atoms with E-state index in [0.29, 0.717) is 24.4 Å². The Morgan fingerprint density at radius 2 is 1.74 bits per heavy atom. The second-order valence-electron chi connectivity index (χ2n) is 6.03. The third kappa shape index (κ3) is 3.88. The molecule has 0 radical (unpaired) electrons. The third-order valence-corrected chi connectivity index (χ3v) is 4.65. The Labute approximate surface area is 134 Å². The Morgan fingerprint density at radius 3 is 2.30 bits per heavy atom. The Kier molecular flexibility index (Phi) is 4.60. The quantitative estimate of drug-likeness (QED) is 0.274. The van der Waals surface area contributed by atoms with Gasteiger partial charge in [-0.3, -0.25) is 10.1 Å². The van der Waals surface area contributed by atoms with E-state index < -0.39 is 11.1 Å².